The van der Waals surface area contributed by atoms with Crippen molar-refractivity contribution < 1.29 is 9.47 Å². The normalized spacial score (nSPS) is 47.3. The molecule has 0 spiro atoms. The molecular weight excluding hydrogens is 224 g/mol. The van der Waals surface area contributed by atoms with Crippen LogP contribution in [-0.4, -0.2) is 19.5 Å². The van der Waals surface area contributed by atoms with Gasteiger partial charge >= 0.3 is 0 Å². The molecule has 1 saturated heterocycles. The van der Waals surface area contributed by atoms with E-state index in [-0.39, 0.29) is 6.29 Å². The fraction of sp³-hybridized carbons (Fsp3) is 1.00. The zero-order valence-corrected chi connectivity index (χ0v) is 12.6. The summed E-state index contributed by atoms with van der Waals surface area (Å²) in [6.45, 7) is 10.7. The summed E-state index contributed by atoms with van der Waals surface area (Å²) in [5.41, 5.74) is 1.52. The molecule has 3 aliphatic carbocycles. The van der Waals surface area contributed by atoms with Gasteiger partial charge in [-0.1, -0.05) is 20.8 Å². The molecule has 0 radical (unpaired) electrons. The topological polar surface area (TPSA) is 18.5 Å². The van der Waals surface area contributed by atoms with E-state index in [9.17, 15) is 0 Å². The van der Waals surface area contributed by atoms with E-state index in [4.69, 9.17) is 9.47 Å². The summed E-state index contributed by atoms with van der Waals surface area (Å²) in [4.78, 5) is 0. The largest absolute Gasteiger partial charge is 0.353 e. The standard InChI is InChI=1S/C10H18.C6H12O2/c1-9-3-6-10(2,7-4-9)8-5-9;1-5-3-7-6(2)8-4-5/h3-8H2,1-2H3;5-6H,3-4H2,1-2H3. The van der Waals surface area contributed by atoms with Gasteiger partial charge in [-0.3, -0.25) is 0 Å². The molecule has 0 unspecified atom stereocenters. The van der Waals surface area contributed by atoms with Gasteiger partial charge < -0.3 is 9.47 Å². The zero-order chi connectivity index (χ0) is 13.2. The molecule has 2 nitrogen and oxygen atoms in total. The Morgan fingerprint density at radius 1 is 0.722 bits per heavy atom. The van der Waals surface area contributed by atoms with Crippen molar-refractivity contribution in [2.45, 2.75) is 72.5 Å². The van der Waals surface area contributed by atoms with Crippen molar-refractivity contribution >= 4 is 0 Å². The third kappa shape index (κ3) is 3.71. The zero-order valence-electron chi connectivity index (χ0n) is 12.6. The van der Waals surface area contributed by atoms with Crippen molar-refractivity contribution in [1.29, 1.82) is 0 Å². The summed E-state index contributed by atoms with van der Waals surface area (Å²) in [6, 6.07) is 0. The van der Waals surface area contributed by atoms with Crippen LogP contribution >= 0.6 is 0 Å². The summed E-state index contributed by atoms with van der Waals surface area (Å²) in [6.07, 6.45) is 9.04. The van der Waals surface area contributed by atoms with Gasteiger partial charge in [-0.2, -0.15) is 0 Å². The Bertz CT molecular complexity index is 214. The molecule has 0 N–H and O–H groups in total. The highest BCUT2D eigenvalue weighted by molar-refractivity contribution is 4.94. The number of hydrogen-bond donors (Lipinski definition) is 0. The van der Waals surface area contributed by atoms with E-state index in [0.29, 0.717) is 5.92 Å². The van der Waals surface area contributed by atoms with Gasteiger partial charge in [-0.25, -0.2) is 0 Å². The molecule has 0 atom stereocenters. The SMILES string of the molecule is CC12CCC(C)(CC1)CC2.CC1COC(C)OC1. The van der Waals surface area contributed by atoms with E-state index < -0.39 is 0 Å². The molecule has 18 heavy (non-hydrogen) atoms. The lowest BCUT2D eigenvalue weighted by atomic mass is 9.55. The van der Waals surface area contributed by atoms with Crippen LogP contribution in [0.3, 0.4) is 0 Å². The van der Waals surface area contributed by atoms with Gasteiger partial charge in [-0.05, 0) is 56.3 Å². The lowest BCUT2D eigenvalue weighted by Gasteiger charge is -2.50. The predicted molar refractivity (Wildman–Crippen MR) is 74.4 cm³/mol. The molecule has 2 bridgehead atoms. The van der Waals surface area contributed by atoms with Crippen LogP contribution < -0.4 is 0 Å². The van der Waals surface area contributed by atoms with E-state index in [1.165, 1.54) is 38.5 Å². The third-order valence-corrected chi connectivity index (χ3v) is 5.23. The van der Waals surface area contributed by atoms with Gasteiger partial charge in [0.05, 0.1) is 13.2 Å². The van der Waals surface area contributed by atoms with Gasteiger partial charge in [0.1, 0.15) is 0 Å². The summed E-state index contributed by atoms with van der Waals surface area (Å²) < 4.78 is 10.3. The first-order valence-electron chi connectivity index (χ1n) is 7.64. The van der Waals surface area contributed by atoms with E-state index in [2.05, 4.69) is 20.8 Å². The monoisotopic (exact) mass is 254 g/mol. The van der Waals surface area contributed by atoms with E-state index >= 15 is 0 Å². The summed E-state index contributed by atoms with van der Waals surface area (Å²) in [7, 11) is 0. The molecule has 0 aromatic rings. The van der Waals surface area contributed by atoms with E-state index in [1.54, 1.807) is 0 Å². The van der Waals surface area contributed by atoms with Crippen LogP contribution in [0.1, 0.15) is 66.2 Å². The minimum absolute atomic E-state index is 0.0196. The number of ether oxygens (including phenoxy) is 2. The quantitative estimate of drug-likeness (QED) is 0.638. The Morgan fingerprint density at radius 2 is 1.06 bits per heavy atom. The minimum atomic E-state index is 0.0196. The Labute approximate surface area is 112 Å². The van der Waals surface area contributed by atoms with Gasteiger partial charge in [0.2, 0.25) is 0 Å². The number of hydrogen-bond acceptors (Lipinski definition) is 2. The highest BCUT2D eigenvalue weighted by Gasteiger charge is 2.42. The van der Waals surface area contributed by atoms with Crippen molar-refractivity contribution in [2.24, 2.45) is 16.7 Å². The molecular formula is C16H30O2. The van der Waals surface area contributed by atoms with Crippen LogP contribution in [-0.2, 0) is 9.47 Å². The molecule has 2 heteroatoms. The van der Waals surface area contributed by atoms with Gasteiger partial charge in [0.15, 0.2) is 6.29 Å². The number of rotatable bonds is 0. The lowest BCUT2D eigenvalue weighted by molar-refractivity contribution is -0.187. The van der Waals surface area contributed by atoms with Crippen molar-refractivity contribution in [1.82, 2.24) is 0 Å². The van der Waals surface area contributed by atoms with Crippen molar-refractivity contribution in [3.05, 3.63) is 0 Å². The summed E-state index contributed by atoms with van der Waals surface area (Å²) in [5, 5.41) is 0. The number of fused-ring (bicyclic) bond motifs is 3. The fourth-order valence-corrected chi connectivity index (χ4v) is 3.26. The molecule has 0 amide bonds. The third-order valence-electron chi connectivity index (χ3n) is 5.23. The van der Waals surface area contributed by atoms with Crippen LogP contribution in [0.5, 0.6) is 0 Å². The second-order valence-corrected chi connectivity index (χ2v) is 7.46. The average Bonchev–Trinajstić information content (AvgIpc) is 2.36. The summed E-state index contributed by atoms with van der Waals surface area (Å²) in [5.74, 6) is 0.575. The Morgan fingerprint density at radius 3 is 1.33 bits per heavy atom. The maximum atomic E-state index is 5.17. The highest BCUT2D eigenvalue weighted by Crippen LogP contribution is 2.56. The molecule has 106 valence electrons. The van der Waals surface area contributed by atoms with Gasteiger partial charge in [0, 0.05) is 5.92 Å². The van der Waals surface area contributed by atoms with Crippen LogP contribution in [0.4, 0.5) is 0 Å². The smallest absolute Gasteiger partial charge is 0.154 e. The molecule has 0 aromatic heterocycles. The average molecular weight is 254 g/mol. The van der Waals surface area contributed by atoms with Crippen molar-refractivity contribution in [2.75, 3.05) is 13.2 Å². The highest BCUT2D eigenvalue weighted by atomic mass is 16.7. The molecule has 4 rings (SSSR count). The van der Waals surface area contributed by atoms with Crippen LogP contribution in [0.2, 0.25) is 0 Å². The van der Waals surface area contributed by atoms with Gasteiger partial charge in [-0.15, -0.1) is 0 Å². The molecule has 0 aromatic carbocycles. The Hall–Kier alpha value is -0.0800. The van der Waals surface area contributed by atoms with Gasteiger partial charge in [0.25, 0.3) is 0 Å². The predicted octanol–water partition coefficient (Wildman–Crippen LogP) is 4.38. The first-order valence-corrected chi connectivity index (χ1v) is 7.64. The molecule has 3 saturated carbocycles. The second kappa shape index (κ2) is 5.50. The lowest BCUT2D eigenvalue weighted by Crippen LogP contribution is -2.37. The molecule has 1 aliphatic heterocycles. The van der Waals surface area contributed by atoms with E-state index in [1.807, 2.05) is 6.92 Å². The maximum Gasteiger partial charge on any atom is 0.154 e. The van der Waals surface area contributed by atoms with Crippen LogP contribution in [0.25, 0.3) is 0 Å². The van der Waals surface area contributed by atoms with Crippen molar-refractivity contribution in [3.63, 3.8) is 0 Å². The first kappa shape index (κ1) is 14.3. The summed E-state index contributed by atoms with van der Waals surface area (Å²) >= 11 is 0. The Balaban J connectivity index is 0.000000138. The van der Waals surface area contributed by atoms with Crippen LogP contribution in [0, 0.1) is 16.7 Å². The maximum absolute atomic E-state index is 5.17. The molecule has 1 heterocycles. The molecule has 4 aliphatic rings. The first-order chi connectivity index (χ1) is 8.41. The fourth-order valence-electron chi connectivity index (χ4n) is 3.26. The van der Waals surface area contributed by atoms with Crippen LogP contribution in [0.15, 0.2) is 0 Å². The van der Waals surface area contributed by atoms with E-state index in [0.717, 1.165) is 24.0 Å². The Kier molecular flexibility index (Phi) is 4.38. The molecule has 4 fully saturated rings. The second-order valence-electron chi connectivity index (χ2n) is 7.46. The van der Waals surface area contributed by atoms with Crippen molar-refractivity contribution in [3.8, 4) is 0 Å². The minimum Gasteiger partial charge on any atom is -0.353 e.